The van der Waals surface area contributed by atoms with Crippen LogP contribution in [0.2, 0.25) is 0 Å². The molecule has 6 heteroatoms. The Hall–Kier alpha value is -3.02. The van der Waals surface area contributed by atoms with Crippen molar-refractivity contribution in [3.63, 3.8) is 0 Å². The van der Waals surface area contributed by atoms with E-state index >= 15 is 0 Å². The monoisotopic (exact) mass is 329 g/mol. The Morgan fingerprint density at radius 3 is 2.33 bits per heavy atom. The van der Waals surface area contributed by atoms with Crippen molar-refractivity contribution >= 4 is 16.7 Å². The van der Waals surface area contributed by atoms with E-state index in [2.05, 4.69) is 0 Å². The third-order valence-corrected chi connectivity index (χ3v) is 3.87. The van der Waals surface area contributed by atoms with Crippen LogP contribution in [0.1, 0.15) is 21.6 Å². The zero-order valence-electron chi connectivity index (χ0n) is 12.9. The predicted molar refractivity (Wildman–Crippen MR) is 85.9 cm³/mol. The average molecular weight is 329 g/mol. The van der Waals surface area contributed by atoms with Crippen molar-refractivity contribution in [3.05, 3.63) is 75.2 Å². The number of pyridine rings is 1. The Balaban J connectivity index is 2.48. The Bertz CT molecular complexity index is 1050. The third-order valence-electron chi connectivity index (χ3n) is 3.87. The van der Waals surface area contributed by atoms with Gasteiger partial charge in [-0.05, 0) is 49.1 Å². The van der Waals surface area contributed by atoms with Gasteiger partial charge in [-0.25, -0.2) is 13.6 Å². The van der Waals surface area contributed by atoms with E-state index < -0.39 is 23.2 Å². The number of aromatic carboxylic acids is 1. The summed E-state index contributed by atoms with van der Waals surface area (Å²) in [6, 6.07) is 7.97. The number of hydrogen-bond donors (Lipinski definition) is 1. The van der Waals surface area contributed by atoms with Gasteiger partial charge in [-0.3, -0.25) is 9.36 Å². The first kappa shape index (κ1) is 15.9. The van der Waals surface area contributed by atoms with Crippen LogP contribution in [-0.4, -0.2) is 15.6 Å². The van der Waals surface area contributed by atoms with Gasteiger partial charge in [0, 0.05) is 0 Å². The molecule has 122 valence electrons. The Morgan fingerprint density at radius 2 is 1.71 bits per heavy atom. The first-order valence-electron chi connectivity index (χ1n) is 7.15. The number of carbonyl (C=O) groups is 1. The molecule has 0 radical (unpaired) electrons. The number of fused-ring (bicyclic) bond motifs is 1. The third kappa shape index (κ3) is 2.46. The minimum Gasteiger partial charge on any atom is -0.477 e. The van der Waals surface area contributed by atoms with Crippen molar-refractivity contribution in [3.8, 4) is 5.69 Å². The normalized spacial score (nSPS) is 11.0. The molecule has 24 heavy (non-hydrogen) atoms. The van der Waals surface area contributed by atoms with Crippen molar-refractivity contribution in [2.24, 2.45) is 0 Å². The lowest BCUT2D eigenvalue weighted by molar-refractivity contribution is 0.0687. The minimum atomic E-state index is -1.33. The summed E-state index contributed by atoms with van der Waals surface area (Å²) in [6.45, 7) is 3.62. The lowest BCUT2D eigenvalue weighted by atomic mass is 10.1. The number of hydrogen-bond acceptors (Lipinski definition) is 2. The molecule has 1 N–H and O–H groups in total. The fraction of sp³-hybridized carbons (Fsp3) is 0.111. The second kappa shape index (κ2) is 5.56. The molecule has 0 saturated carbocycles. The van der Waals surface area contributed by atoms with Crippen molar-refractivity contribution in [1.29, 1.82) is 0 Å². The van der Waals surface area contributed by atoms with Gasteiger partial charge in [-0.1, -0.05) is 17.7 Å². The molecular weight excluding hydrogens is 316 g/mol. The van der Waals surface area contributed by atoms with Gasteiger partial charge in [0.05, 0.1) is 11.1 Å². The van der Waals surface area contributed by atoms with Crippen LogP contribution in [0, 0.1) is 25.5 Å². The van der Waals surface area contributed by atoms with Crippen molar-refractivity contribution in [2.75, 3.05) is 0 Å². The summed E-state index contributed by atoms with van der Waals surface area (Å²) >= 11 is 0. The van der Waals surface area contributed by atoms with Gasteiger partial charge in [-0.2, -0.15) is 0 Å². The molecule has 1 aromatic heterocycles. The topological polar surface area (TPSA) is 59.3 Å². The van der Waals surface area contributed by atoms with Crippen LogP contribution in [0.5, 0.6) is 0 Å². The average Bonchev–Trinajstić information content (AvgIpc) is 2.50. The molecule has 0 aliphatic heterocycles. The number of nitrogens with zero attached hydrogens (tertiary/aromatic N) is 1. The first-order valence-corrected chi connectivity index (χ1v) is 7.15. The SMILES string of the molecule is Cc1ccc(-n2c(C(=O)O)cc3cc(F)c(F)cc3c2=O)c(C)c1. The number of benzene rings is 2. The maximum absolute atomic E-state index is 13.5. The van der Waals surface area contributed by atoms with Crippen LogP contribution in [0.4, 0.5) is 8.78 Å². The number of carboxylic acids is 1. The first-order chi connectivity index (χ1) is 11.3. The minimum absolute atomic E-state index is 0.0392. The predicted octanol–water partition coefficient (Wildman–Crippen LogP) is 3.58. The molecule has 3 aromatic rings. The fourth-order valence-electron chi connectivity index (χ4n) is 2.76. The standard InChI is InChI=1S/C18H13F2NO3/c1-9-3-4-15(10(2)5-9)21-16(18(23)24)7-11-6-13(19)14(20)8-12(11)17(21)22/h3-8H,1-2H3,(H,23,24). The van der Waals surface area contributed by atoms with E-state index in [1.807, 2.05) is 13.0 Å². The number of aromatic nitrogens is 1. The molecule has 0 atom stereocenters. The molecule has 0 amide bonds. The summed E-state index contributed by atoms with van der Waals surface area (Å²) in [7, 11) is 0. The lowest BCUT2D eigenvalue weighted by Gasteiger charge is -2.14. The quantitative estimate of drug-likeness (QED) is 0.782. The molecule has 1 heterocycles. The van der Waals surface area contributed by atoms with Crippen molar-refractivity contribution in [1.82, 2.24) is 4.57 Å². The van der Waals surface area contributed by atoms with Gasteiger partial charge >= 0.3 is 5.97 Å². The van der Waals surface area contributed by atoms with Crippen LogP contribution in [0.3, 0.4) is 0 Å². The zero-order valence-corrected chi connectivity index (χ0v) is 12.9. The molecule has 0 bridgehead atoms. The van der Waals surface area contributed by atoms with E-state index in [1.165, 1.54) is 6.07 Å². The van der Waals surface area contributed by atoms with E-state index in [0.29, 0.717) is 11.3 Å². The van der Waals surface area contributed by atoms with Crippen LogP contribution < -0.4 is 5.56 Å². The highest BCUT2D eigenvalue weighted by atomic mass is 19.2. The van der Waals surface area contributed by atoms with E-state index in [4.69, 9.17) is 0 Å². The van der Waals surface area contributed by atoms with Crippen LogP contribution >= 0.6 is 0 Å². The summed E-state index contributed by atoms with van der Waals surface area (Å²) in [5, 5.41) is 9.41. The summed E-state index contributed by atoms with van der Waals surface area (Å²) < 4.78 is 27.9. The highest BCUT2D eigenvalue weighted by Crippen LogP contribution is 2.21. The largest absolute Gasteiger partial charge is 0.477 e. The van der Waals surface area contributed by atoms with Crippen LogP contribution in [0.15, 0.2) is 41.2 Å². The summed E-state index contributed by atoms with van der Waals surface area (Å²) in [4.78, 5) is 24.4. The van der Waals surface area contributed by atoms with Gasteiger partial charge in [0.25, 0.3) is 5.56 Å². The van der Waals surface area contributed by atoms with E-state index in [-0.39, 0.29) is 16.5 Å². The molecule has 0 saturated heterocycles. The van der Waals surface area contributed by atoms with E-state index in [1.54, 1.807) is 19.1 Å². The zero-order chi connectivity index (χ0) is 17.6. The van der Waals surface area contributed by atoms with Gasteiger partial charge in [0.2, 0.25) is 0 Å². The number of halogens is 2. The van der Waals surface area contributed by atoms with Gasteiger partial charge in [0.1, 0.15) is 5.69 Å². The number of aryl methyl sites for hydroxylation is 2. The summed E-state index contributed by atoms with van der Waals surface area (Å²) in [5.41, 5.74) is 1.01. The van der Waals surface area contributed by atoms with E-state index in [0.717, 1.165) is 22.3 Å². The molecule has 0 aliphatic rings. The molecule has 4 nitrogen and oxygen atoms in total. The Labute approximate surface area is 135 Å². The van der Waals surface area contributed by atoms with Gasteiger partial charge in [0.15, 0.2) is 11.6 Å². The Kier molecular flexibility index (Phi) is 3.67. The van der Waals surface area contributed by atoms with Crippen molar-refractivity contribution < 1.29 is 18.7 Å². The maximum atomic E-state index is 13.5. The molecule has 0 aliphatic carbocycles. The highest BCUT2D eigenvalue weighted by Gasteiger charge is 2.19. The smallest absolute Gasteiger partial charge is 0.353 e. The molecule has 0 unspecified atom stereocenters. The number of rotatable bonds is 2. The second-order valence-electron chi connectivity index (χ2n) is 5.62. The van der Waals surface area contributed by atoms with Crippen LogP contribution in [0.25, 0.3) is 16.5 Å². The second-order valence-corrected chi connectivity index (χ2v) is 5.62. The van der Waals surface area contributed by atoms with Gasteiger partial charge < -0.3 is 5.11 Å². The molecule has 3 rings (SSSR count). The lowest BCUT2D eigenvalue weighted by Crippen LogP contribution is -2.25. The van der Waals surface area contributed by atoms with Gasteiger partial charge in [-0.15, -0.1) is 0 Å². The molecule has 0 fully saturated rings. The van der Waals surface area contributed by atoms with Crippen LogP contribution in [-0.2, 0) is 0 Å². The molecule has 0 spiro atoms. The van der Waals surface area contributed by atoms with Crippen molar-refractivity contribution in [2.45, 2.75) is 13.8 Å². The summed E-state index contributed by atoms with van der Waals surface area (Å²) in [5.74, 6) is -3.63. The maximum Gasteiger partial charge on any atom is 0.353 e. The summed E-state index contributed by atoms with van der Waals surface area (Å²) in [6.07, 6.45) is 0. The molecular formula is C18H13F2NO3. The Morgan fingerprint density at radius 1 is 1.04 bits per heavy atom. The molecule has 2 aromatic carbocycles. The fourth-order valence-corrected chi connectivity index (χ4v) is 2.76. The highest BCUT2D eigenvalue weighted by molar-refractivity contribution is 5.93. The van der Waals surface area contributed by atoms with E-state index in [9.17, 15) is 23.5 Å². The number of carboxylic acid groups (broad SMARTS) is 1.